The third-order valence-electron chi connectivity index (χ3n) is 2.87. The number of fused-ring (bicyclic) bond motifs is 1. The molecule has 0 saturated carbocycles. The molecule has 2 heteroatoms. The van der Waals surface area contributed by atoms with Gasteiger partial charge < -0.3 is 10.1 Å². The molecule has 0 saturated heterocycles. The van der Waals surface area contributed by atoms with E-state index in [1.807, 2.05) is 6.07 Å². The molecule has 0 amide bonds. The standard InChI is InChI=1S/C12H17NO/c1-8(2)12-11-9(7-13-12)5-4-6-10(11)14-3/h4-6,8,12-13H,7H2,1-3H3. The summed E-state index contributed by atoms with van der Waals surface area (Å²) in [4.78, 5) is 0. The van der Waals surface area contributed by atoms with Crippen molar-refractivity contribution in [2.45, 2.75) is 26.4 Å². The van der Waals surface area contributed by atoms with Crippen molar-refractivity contribution in [1.29, 1.82) is 0 Å². The fourth-order valence-electron chi connectivity index (χ4n) is 2.17. The summed E-state index contributed by atoms with van der Waals surface area (Å²) in [5, 5.41) is 3.52. The Balaban J connectivity index is 2.45. The van der Waals surface area contributed by atoms with Crippen LogP contribution < -0.4 is 10.1 Å². The van der Waals surface area contributed by atoms with Crippen molar-refractivity contribution in [2.24, 2.45) is 5.92 Å². The summed E-state index contributed by atoms with van der Waals surface area (Å²) in [6, 6.07) is 6.72. The van der Waals surface area contributed by atoms with Gasteiger partial charge in [-0.1, -0.05) is 26.0 Å². The quantitative estimate of drug-likeness (QED) is 0.775. The zero-order valence-electron chi connectivity index (χ0n) is 9.00. The highest BCUT2D eigenvalue weighted by molar-refractivity contribution is 5.45. The number of hydrogen-bond donors (Lipinski definition) is 1. The van der Waals surface area contributed by atoms with Gasteiger partial charge in [0, 0.05) is 18.2 Å². The van der Waals surface area contributed by atoms with Crippen LogP contribution in [0.2, 0.25) is 0 Å². The molecule has 1 heterocycles. The van der Waals surface area contributed by atoms with E-state index in [1.165, 1.54) is 11.1 Å². The molecule has 1 aliphatic heterocycles. The molecule has 0 radical (unpaired) electrons. The Morgan fingerprint density at radius 2 is 2.21 bits per heavy atom. The van der Waals surface area contributed by atoms with Crippen LogP contribution in [0.25, 0.3) is 0 Å². The van der Waals surface area contributed by atoms with Gasteiger partial charge in [-0.05, 0) is 17.5 Å². The molecule has 0 aliphatic carbocycles. The Bertz CT molecular complexity index is 333. The van der Waals surface area contributed by atoms with Gasteiger partial charge in [0.05, 0.1) is 7.11 Å². The van der Waals surface area contributed by atoms with Crippen molar-refractivity contribution in [3.63, 3.8) is 0 Å². The first-order chi connectivity index (χ1) is 6.74. The van der Waals surface area contributed by atoms with E-state index < -0.39 is 0 Å². The summed E-state index contributed by atoms with van der Waals surface area (Å²) in [6.45, 7) is 5.44. The lowest BCUT2D eigenvalue weighted by Crippen LogP contribution is -2.17. The highest BCUT2D eigenvalue weighted by atomic mass is 16.5. The number of hydrogen-bond acceptors (Lipinski definition) is 2. The first-order valence-corrected chi connectivity index (χ1v) is 5.13. The Kier molecular flexibility index (Phi) is 2.46. The predicted octanol–water partition coefficient (Wildman–Crippen LogP) is 2.50. The molecule has 1 aromatic carbocycles. The van der Waals surface area contributed by atoms with Gasteiger partial charge in [0.2, 0.25) is 0 Å². The maximum atomic E-state index is 5.40. The fourth-order valence-corrected chi connectivity index (χ4v) is 2.17. The van der Waals surface area contributed by atoms with Crippen LogP contribution in [0.5, 0.6) is 5.75 Å². The molecular weight excluding hydrogens is 174 g/mol. The zero-order chi connectivity index (χ0) is 10.1. The van der Waals surface area contributed by atoms with E-state index in [2.05, 4.69) is 31.3 Å². The monoisotopic (exact) mass is 191 g/mol. The van der Waals surface area contributed by atoms with Crippen LogP contribution in [0.1, 0.15) is 31.0 Å². The third kappa shape index (κ3) is 1.40. The molecule has 0 bridgehead atoms. The van der Waals surface area contributed by atoms with Crippen molar-refractivity contribution in [2.75, 3.05) is 7.11 Å². The van der Waals surface area contributed by atoms with Crippen LogP contribution in [-0.2, 0) is 6.54 Å². The van der Waals surface area contributed by atoms with Gasteiger partial charge in [0.25, 0.3) is 0 Å². The Labute approximate surface area is 85.3 Å². The second-order valence-corrected chi connectivity index (χ2v) is 4.14. The molecule has 1 N–H and O–H groups in total. The first-order valence-electron chi connectivity index (χ1n) is 5.13. The van der Waals surface area contributed by atoms with E-state index in [1.54, 1.807) is 7.11 Å². The summed E-state index contributed by atoms with van der Waals surface area (Å²) in [6.07, 6.45) is 0. The average molecular weight is 191 g/mol. The van der Waals surface area contributed by atoms with Crippen LogP contribution in [0.3, 0.4) is 0 Å². The molecule has 14 heavy (non-hydrogen) atoms. The van der Waals surface area contributed by atoms with Crippen molar-refractivity contribution in [1.82, 2.24) is 5.32 Å². The molecule has 76 valence electrons. The minimum atomic E-state index is 0.446. The molecule has 0 aromatic heterocycles. The van der Waals surface area contributed by atoms with E-state index in [9.17, 15) is 0 Å². The van der Waals surface area contributed by atoms with Gasteiger partial charge in [-0.15, -0.1) is 0 Å². The summed E-state index contributed by atoms with van der Waals surface area (Å²) in [7, 11) is 1.74. The summed E-state index contributed by atoms with van der Waals surface area (Å²) < 4.78 is 5.40. The summed E-state index contributed by atoms with van der Waals surface area (Å²) in [5.41, 5.74) is 2.73. The smallest absolute Gasteiger partial charge is 0.123 e. The van der Waals surface area contributed by atoms with Crippen molar-refractivity contribution >= 4 is 0 Å². The highest BCUT2D eigenvalue weighted by Crippen LogP contribution is 2.37. The van der Waals surface area contributed by atoms with Crippen molar-refractivity contribution < 1.29 is 4.74 Å². The summed E-state index contributed by atoms with van der Waals surface area (Å²) in [5.74, 6) is 1.62. The lowest BCUT2D eigenvalue weighted by Gasteiger charge is -2.18. The number of rotatable bonds is 2. The normalized spacial score (nSPS) is 19.9. The predicted molar refractivity (Wildman–Crippen MR) is 57.4 cm³/mol. The topological polar surface area (TPSA) is 21.3 Å². The second-order valence-electron chi connectivity index (χ2n) is 4.14. The van der Waals surface area contributed by atoms with Gasteiger partial charge in [0.15, 0.2) is 0 Å². The van der Waals surface area contributed by atoms with Crippen LogP contribution in [0.4, 0.5) is 0 Å². The number of benzene rings is 1. The Morgan fingerprint density at radius 1 is 1.43 bits per heavy atom. The molecule has 0 fully saturated rings. The van der Waals surface area contributed by atoms with Gasteiger partial charge in [-0.25, -0.2) is 0 Å². The largest absolute Gasteiger partial charge is 0.496 e. The van der Waals surface area contributed by atoms with Crippen LogP contribution >= 0.6 is 0 Å². The SMILES string of the molecule is COc1cccc2c1C(C(C)C)NC2. The maximum Gasteiger partial charge on any atom is 0.123 e. The van der Waals surface area contributed by atoms with Crippen LogP contribution in [0, 0.1) is 5.92 Å². The molecule has 1 aromatic rings. The molecule has 2 rings (SSSR count). The van der Waals surface area contributed by atoms with Crippen LogP contribution in [-0.4, -0.2) is 7.11 Å². The maximum absolute atomic E-state index is 5.40. The Hall–Kier alpha value is -1.02. The van der Waals surface area contributed by atoms with Gasteiger partial charge in [0.1, 0.15) is 5.75 Å². The molecule has 1 unspecified atom stereocenters. The first kappa shape index (κ1) is 9.53. The van der Waals surface area contributed by atoms with Gasteiger partial charge in [-0.2, -0.15) is 0 Å². The fraction of sp³-hybridized carbons (Fsp3) is 0.500. The molecule has 1 aliphatic rings. The lowest BCUT2D eigenvalue weighted by atomic mass is 9.95. The minimum absolute atomic E-state index is 0.446. The zero-order valence-corrected chi connectivity index (χ0v) is 9.00. The van der Waals surface area contributed by atoms with E-state index >= 15 is 0 Å². The lowest BCUT2D eigenvalue weighted by molar-refractivity contribution is 0.386. The Morgan fingerprint density at radius 3 is 2.86 bits per heavy atom. The van der Waals surface area contributed by atoms with E-state index in [0.717, 1.165) is 12.3 Å². The second kappa shape index (κ2) is 3.62. The van der Waals surface area contributed by atoms with Crippen molar-refractivity contribution in [3.8, 4) is 5.75 Å². The molecule has 2 nitrogen and oxygen atoms in total. The molecule has 0 spiro atoms. The van der Waals surface area contributed by atoms with E-state index in [4.69, 9.17) is 4.74 Å². The van der Waals surface area contributed by atoms with Crippen molar-refractivity contribution in [3.05, 3.63) is 29.3 Å². The van der Waals surface area contributed by atoms with Gasteiger partial charge >= 0.3 is 0 Å². The molecule has 1 atom stereocenters. The average Bonchev–Trinajstić information content (AvgIpc) is 2.60. The molecular formula is C12H17NO. The summed E-state index contributed by atoms with van der Waals surface area (Å²) >= 11 is 0. The highest BCUT2D eigenvalue weighted by Gasteiger charge is 2.27. The van der Waals surface area contributed by atoms with E-state index in [0.29, 0.717) is 12.0 Å². The van der Waals surface area contributed by atoms with Gasteiger partial charge in [-0.3, -0.25) is 0 Å². The number of nitrogens with one attached hydrogen (secondary N) is 1. The number of ether oxygens (including phenoxy) is 1. The number of methoxy groups -OCH3 is 1. The minimum Gasteiger partial charge on any atom is -0.496 e. The van der Waals surface area contributed by atoms with E-state index in [-0.39, 0.29) is 0 Å². The third-order valence-corrected chi connectivity index (χ3v) is 2.87. The van der Waals surface area contributed by atoms with Crippen LogP contribution in [0.15, 0.2) is 18.2 Å².